The van der Waals surface area contributed by atoms with Crippen LogP contribution in [0.2, 0.25) is 5.02 Å². The van der Waals surface area contributed by atoms with Crippen molar-refractivity contribution in [2.75, 3.05) is 23.7 Å². The van der Waals surface area contributed by atoms with Gasteiger partial charge in [-0.05, 0) is 49.3 Å². The Morgan fingerprint density at radius 1 is 1.14 bits per heavy atom. The third kappa shape index (κ3) is 7.01. The monoisotopic (exact) mass is 512 g/mol. The van der Waals surface area contributed by atoms with Gasteiger partial charge in [-0.1, -0.05) is 23.7 Å². The van der Waals surface area contributed by atoms with Gasteiger partial charge in [0.2, 0.25) is 5.95 Å². The first kappa shape index (κ1) is 26.1. The van der Waals surface area contributed by atoms with E-state index in [0.717, 1.165) is 24.8 Å². The molecule has 3 aromatic rings. The van der Waals surface area contributed by atoms with E-state index in [-0.39, 0.29) is 27.8 Å². The molecule has 2 aromatic carbocycles. The molecule has 1 heterocycles. The Kier molecular flexibility index (Phi) is 8.43. The Morgan fingerprint density at radius 3 is 2.57 bits per heavy atom. The lowest BCUT2D eigenvalue weighted by molar-refractivity contribution is -0.137. The summed E-state index contributed by atoms with van der Waals surface area (Å²) < 4.78 is 53.1. The lowest BCUT2D eigenvalue weighted by atomic mass is 10.1. The normalized spacial score (nSPS) is 11.4. The van der Waals surface area contributed by atoms with Crippen molar-refractivity contribution in [3.8, 4) is 11.1 Å². The number of anilines is 2. The SMILES string of the molecule is NCCCNCc1ccc(-c2cnc(NC(=O)Nc3cc(C(F)(F)F)ccc3Cl)[nH]c2=O)cc1F. The van der Waals surface area contributed by atoms with Crippen molar-refractivity contribution in [2.24, 2.45) is 5.73 Å². The number of nitrogens with zero attached hydrogens (tertiary/aromatic N) is 1. The van der Waals surface area contributed by atoms with Crippen LogP contribution in [-0.4, -0.2) is 29.1 Å². The molecule has 0 atom stereocenters. The number of nitrogens with one attached hydrogen (secondary N) is 4. The van der Waals surface area contributed by atoms with Gasteiger partial charge in [0.25, 0.3) is 5.56 Å². The second-order valence-electron chi connectivity index (χ2n) is 7.37. The molecule has 0 spiro atoms. The summed E-state index contributed by atoms with van der Waals surface area (Å²) in [4.78, 5) is 30.9. The summed E-state index contributed by atoms with van der Waals surface area (Å²) >= 11 is 5.85. The van der Waals surface area contributed by atoms with Crippen molar-refractivity contribution >= 4 is 29.3 Å². The number of aromatic nitrogens is 2. The lowest BCUT2D eigenvalue weighted by Gasteiger charge is -2.12. The van der Waals surface area contributed by atoms with Crippen molar-refractivity contribution in [1.29, 1.82) is 0 Å². The number of benzene rings is 2. The van der Waals surface area contributed by atoms with Crippen molar-refractivity contribution < 1.29 is 22.4 Å². The molecule has 0 aliphatic carbocycles. The topological polar surface area (TPSA) is 125 Å². The highest BCUT2D eigenvalue weighted by Gasteiger charge is 2.31. The third-order valence-electron chi connectivity index (χ3n) is 4.81. The Balaban J connectivity index is 1.69. The number of carbonyl (C=O) groups is 1. The maximum atomic E-state index is 14.4. The van der Waals surface area contributed by atoms with E-state index in [1.807, 2.05) is 0 Å². The van der Waals surface area contributed by atoms with Crippen LogP contribution in [0.3, 0.4) is 0 Å². The molecule has 0 aliphatic rings. The second kappa shape index (κ2) is 11.3. The van der Waals surface area contributed by atoms with Crippen LogP contribution in [0.4, 0.5) is 34.0 Å². The molecule has 0 aliphatic heterocycles. The minimum absolute atomic E-state index is 0.0541. The van der Waals surface area contributed by atoms with Gasteiger partial charge < -0.3 is 16.4 Å². The van der Waals surface area contributed by atoms with Crippen LogP contribution < -0.4 is 27.2 Å². The molecule has 0 saturated carbocycles. The van der Waals surface area contributed by atoms with Crippen LogP contribution in [0.5, 0.6) is 0 Å². The number of nitrogens with two attached hydrogens (primary N) is 1. The van der Waals surface area contributed by atoms with E-state index in [9.17, 15) is 27.2 Å². The standard InChI is InChI=1S/C22H21ClF4N6O2/c23-16-5-4-14(22(25,26)27)9-18(16)31-21(35)33-20-30-11-15(19(34)32-20)12-2-3-13(17(24)8-12)10-29-7-1-6-28/h2-5,8-9,11,29H,1,6-7,10,28H2,(H3,30,31,32,33,34,35). The maximum Gasteiger partial charge on any atom is 0.416 e. The zero-order valence-corrected chi connectivity index (χ0v) is 18.9. The van der Waals surface area contributed by atoms with E-state index in [0.29, 0.717) is 31.3 Å². The smallest absolute Gasteiger partial charge is 0.330 e. The summed E-state index contributed by atoms with van der Waals surface area (Å²) in [6.07, 6.45) is -2.73. The van der Waals surface area contributed by atoms with E-state index in [2.05, 4.69) is 25.9 Å². The number of urea groups is 1. The van der Waals surface area contributed by atoms with E-state index in [1.54, 1.807) is 6.07 Å². The summed E-state index contributed by atoms with van der Waals surface area (Å²) in [5.41, 5.74) is 4.20. The zero-order chi connectivity index (χ0) is 25.6. The second-order valence-corrected chi connectivity index (χ2v) is 7.78. The highest BCUT2D eigenvalue weighted by Crippen LogP contribution is 2.33. The van der Waals surface area contributed by atoms with Gasteiger partial charge in [0, 0.05) is 18.3 Å². The van der Waals surface area contributed by atoms with E-state index < -0.39 is 29.1 Å². The summed E-state index contributed by atoms with van der Waals surface area (Å²) in [6, 6.07) is 5.75. The van der Waals surface area contributed by atoms with E-state index in [4.69, 9.17) is 17.3 Å². The molecule has 0 unspecified atom stereocenters. The highest BCUT2D eigenvalue weighted by molar-refractivity contribution is 6.33. The summed E-state index contributed by atoms with van der Waals surface area (Å²) in [7, 11) is 0. The van der Waals surface area contributed by atoms with Gasteiger partial charge in [-0.15, -0.1) is 0 Å². The molecule has 8 nitrogen and oxygen atoms in total. The molecule has 0 fully saturated rings. The van der Waals surface area contributed by atoms with Crippen LogP contribution in [0.25, 0.3) is 11.1 Å². The molecule has 0 saturated heterocycles. The predicted octanol–water partition coefficient (Wildman–Crippen LogP) is 4.33. The zero-order valence-electron chi connectivity index (χ0n) is 18.1. The quantitative estimate of drug-likeness (QED) is 0.227. The van der Waals surface area contributed by atoms with Gasteiger partial charge in [0.15, 0.2) is 0 Å². The molecular formula is C22H21ClF4N6O2. The molecule has 1 aromatic heterocycles. The molecule has 2 amide bonds. The van der Waals surface area contributed by atoms with E-state index >= 15 is 0 Å². The van der Waals surface area contributed by atoms with Crippen molar-refractivity contribution in [2.45, 2.75) is 19.1 Å². The first-order chi connectivity index (χ1) is 16.6. The summed E-state index contributed by atoms with van der Waals surface area (Å²) in [5.74, 6) is -0.790. The molecule has 0 bridgehead atoms. The Labute approximate surface area is 201 Å². The number of H-pyrrole nitrogens is 1. The molecule has 0 radical (unpaired) electrons. The third-order valence-corrected chi connectivity index (χ3v) is 5.14. The van der Waals surface area contributed by atoms with Crippen molar-refractivity contribution in [3.05, 3.63) is 74.9 Å². The van der Waals surface area contributed by atoms with Crippen LogP contribution in [0.15, 0.2) is 47.4 Å². The number of aromatic amines is 1. The largest absolute Gasteiger partial charge is 0.416 e. The maximum absolute atomic E-state index is 14.4. The number of hydrogen-bond acceptors (Lipinski definition) is 5. The van der Waals surface area contributed by atoms with Crippen molar-refractivity contribution in [1.82, 2.24) is 15.3 Å². The number of carbonyl (C=O) groups excluding carboxylic acids is 1. The number of halogens is 5. The number of amides is 2. The highest BCUT2D eigenvalue weighted by atomic mass is 35.5. The molecule has 13 heteroatoms. The lowest BCUT2D eigenvalue weighted by Crippen LogP contribution is -2.23. The number of rotatable bonds is 8. The first-order valence-corrected chi connectivity index (χ1v) is 10.7. The van der Waals surface area contributed by atoms with Crippen LogP contribution >= 0.6 is 11.6 Å². The average Bonchev–Trinajstić information content (AvgIpc) is 2.78. The fourth-order valence-electron chi connectivity index (χ4n) is 3.03. The van der Waals surface area contributed by atoms with Gasteiger partial charge in [0.05, 0.1) is 21.8 Å². The van der Waals surface area contributed by atoms with Gasteiger partial charge >= 0.3 is 12.2 Å². The van der Waals surface area contributed by atoms with Crippen molar-refractivity contribution in [3.63, 3.8) is 0 Å². The average molecular weight is 513 g/mol. The van der Waals surface area contributed by atoms with Gasteiger partial charge in [0.1, 0.15) is 5.82 Å². The van der Waals surface area contributed by atoms with Crippen LogP contribution in [0.1, 0.15) is 17.5 Å². The minimum atomic E-state index is -4.63. The summed E-state index contributed by atoms with van der Waals surface area (Å²) in [5, 5.41) is 7.31. The Hall–Kier alpha value is -3.48. The van der Waals surface area contributed by atoms with Gasteiger partial charge in [-0.3, -0.25) is 15.1 Å². The predicted molar refractivity (Wildman–Crippen MR) is 125 cm³/mol. The van der Waals surface area contributed by atoms with Crippen LogP contribution in [0, 0.1) is 5.82 Å². The summed E-state index contributed by atoms with van der Waals surface area (Å²) in [6.45, 7) is 1.47. The van der Waals surface area contributed by atoms with Gasteiger partial charge in [-0.25, -0.2) is 14.2 Å². The fourth-order valence-corrected chi connectivity index (χ4v) is 3.20. The molecule has 35 heavy (non-hydrogen) atoms. The van der Waals surface area contributed by atoms with Crippen LogP contribution in [-0.2, 0) is 12.7 Å². The molecular weight excluding hydrogens is 492 g/mol. The number of hydrogen-bond donors (Lipinski definition) is 5. The van der Waals surface area contributed by atoms with E-state index in [1.165, 1.54) is 12.1 Å². The Morgan fingerprint density at radius 2 is 1.91 bits per heavy atom. The number of alkyl halides is 3. The first-order valence-electron chi connectivity index (χ1n) is 10.3. The Bertz CT molecular complexity index is 1270. The fraction of sp³-hybridized carbons (Fsp3) is 0.227. The molecule has 186 valence electrons. The minimum Gasteiger partial charge on any atom is -0.330 e. The molecule has 6 N–H and O–H groups in total. The molecule has 3 rings (SSSR count). The van der Waals surface area contributed by atoms with Gasteiger partial charge in [-0.2, -0.15) is 13.2 Å².